The summed E-state index contributed by atoms with van der Waals surface area (Å²) in [5, 5.41) is 23.9. The molecule has 4 nitrogen and oxygen atoms in total. The number of amidine groups is 1. The van der Waals surface area contributed by atoms with Gasteiger partial charge in [0, 0.05) is 13.8 Å². The molecule has 90 valence electrons. The summed E-state index contributed by atoms with van der Waals surface area (Å²) in [6.45, 7) is 7.05. The Bertz CT molecular complexity index is 525. The minimum absolute atomic E-state index is 0.186. The first-order valence-electron chi connectivity index (χ1n) is 5.58. The molecule has 1 heterocycles. The highest BCUT2D eigenvalue weighted by Crippen LogP contribution is 2.22. The van der Waals surface area contributed by atoms with E-state index < -0.39 is 5.54 Å². The van der Waals surface area contributed by atoms with Gasteiger partial charge in [0.15, 0.2) is 0 Å². The predicted octanol–water partition coefficient (Wildman–Crippen LogP) is 2.02. The predicted molar refractivity (Wildman–Crippen MR) is 67.3 cm³/mol. The fraction of sp³-hybridized carbons (Fsp3) is 0.385. The molecule has 0 spiro atoms. The molecule has 0 radical (unpaired) electrons. The first-order valence-corrected chi connectivity index (χ1v) is 5.58. The van der Waals surface area contributed by atoms with Crippen LogP contribution in [-0.2, 0) is 0 Å². The summed E-state index contributed by atoms with van der Waals surface area (Å²) in [5.74, 6) is 0.186. The minimum Gasteiger partial charge on any atom is -0.619 e. The fourth-order valence-corrected chi connectivity index (χ4v) is 2.18. The Morgan fingerprint density at radius 3 is 1.94 bits per heavy atom. The van der Waals surface area contributed by atoms with Crippen molar-refractivity contribution in [3.05, 3.63) is 45.8 Å². The maximum Gasteiger partial charge on any atom is 0.433 e. The summed E-state index contributed by atoms with van der Waals surface area (Å²) >= 11 is 0. The summed E-state index contributed by atoms with van der Waals surface area (Å²) in [4.78, 5) is 0. The first-order chi connectivity index (χ1) is 7.85. The first kappa shape index (κ1) is 11.6. The van der Waals surface area contributed by atoms with E-state index in [9.17, 15) is 10.4 Å². The molecule has 0 saturated carbocycles. The van der Waals surface area contributed by atoms with Gasteiger partial charge >= 0.3 is 5.84 Å². The second-order valence-electron chi connectivity index (χ2n) is 4.91. The Balaban J connectivity index is 2.58. The van der Waals surface area contributed by atoms with Crippen molar-refractivity contribution in [1.82, 2.24) is 0 Å². The van der Waals surface area contributed by atoms with E-state index in [0.717, 1.165) is 20.6 Å². The van der Waals surface area contributed by atoms with Gasteiger partial charge in [0.25, 0.3) is 11.3 Å². The van der Waals surface area contributed by atoms with E-state index in [-0.39, 0.29) is 5.84 Å². The Labute approximate surface area is 101 Å². The van der Waals surface area contributed by atoms with Gasteiger partial charge in [-0.25, -0.2) is 0 Å². The fourth-order valence-electron chi connectivity index (χ4n) is 2.18. The molecule has 0 aromatic heterocycles. The number of nitrogens with zero attached hydrogens (tertiary/aromatic N) is 2. The quantitative estimate of drug-likeness (QED) is 0.549. The van der Waals surface area contributed by atoms with E-state index in [1.165, 1.54) is 0 Å². The summed E-state index contributed by atoms with van der Waals surface area (Å²) in [7, 11) is 0. The average Bonchev–Trinajstić information content (AvgIpc) is 2.42. The van der Waals surface area contributed by atoms with Crippen molar-refractivity contribution in [2.24, 2.45) is 0 Å². The highest BCUT2D eigenvalue weighted by atomic mass is 16.5. The maximum atomic E-state index is 12.0. The van der Waals surface area contributed by atoms with Gasteiger partial charge in [-0.1, -0.05) is 17.7 Å². The van der Waals surface area contributed by atoms with Gasteiger partial charge in [0.1, 0.15) is 0 Å². The zero-order valence-corrected chi connectivity index (χ0v) is 10.5. The van der Waals surface area contributed by atoms with Crippen molar-refractivity contribution in [1.29, 1.82) is 0 Å². The largest absolute Gasteiger partial charge is 0.619 e. The normalized spacial score (nSPS) is 19.1. The van der Waals surface area contributed by atoms with Gasteiger partial charge in [-0.3, -0.25) is 0 Å². The van der Waals surface area contributed by atoms with Crippen LogP contribution in [0.4, 0.5) is 0 Å². The standard InChI is InChI=1S/C13H16N2O2/c1-9-5-7-11(8-6-9)12-13(3,4)15(17)10(2)14(12)16/h5-8H,1-4H3. The smallest absolute Gasteiger partial charge is 0.433 e. The van der Waals surface area contributed by atoms with Gasteiger partial charge < -0.3 is 10.4 Å². The molecule has 0 aliphatic carbocycles. The SMILES string of the molecule is CC1=[N+]([O-])C(C)(C)C(c2ccc(C)cc2)=[N+]1[O-]. The molecule has 0 unspecified atom stereocenters. The van der Waals surface area contributed by atoms with Crippen LogP contribution in [0.5, 0.6) is 0 Å². The van der Waals surface area contributed by atoms with Crippen LogP contribution in [0, 0.1) is 17.3 Å². The molecule has 0 fully saturated rings. The molecular formula is C13H16N2O2. The lowest BCUT2D eigenvalue weighted by Gasteiger charge is -2.16. The lowest BCUT2D eigenvalue weighted by molar-refractivity contribution is -0.532. The molecule has 0 saturated heterocycles. The van der Waals surface area contributed by atoms with Crippen molar-refractivity contribution >= 4 is 11.5 Å². The van der Waals surface area contributed by atoms with Gasteiger partial charge in [0.05, 0.1) is 12.5 Å². The molecule has 0 bridgehead atoms. The molecule has 2 rings (SSSR count). The minimum atomic E-state index is -0.818. The third kappa shape index (κ3) is 1.60. The molecule has 1 aliphatic rings. The lowest BCUT2D eigenvalue weighted by Crippen LogP contribution is -2.39. The molecule has 0 atom stereocenters. The molecule has 0 N–H and O–H groups in total. The van der Waals surface area contributed by atoms with Crippen molar-refractivity contribution in [2.45, 2.75) is 33.2 Å². The number of hydrogen-bond acceptors (Lipinski definition) is 2. The topological polar surface area (TPSA) is 52.1 Å². The van der Waals surface area contributed by atoms with E-state index in [1.807, 2.05) is 31.2 Å². The Hall–Kier alpha value is -1.84. The van der Waals surface area contributed by atoms with Crippen LogP contribution in [-0.4, -0.2) is 26.6 Å². The Kier molecular flexibility index (Phi) is 2.45. The molecule has 1 aromatic carbocycles. The van der Waals surface area contributed by atoms with Crippen LogP contribution in [0.1, 0.15) is 31.9 Å². The van der Waals surface area contributed by atoms with Crippen LogP contribution in [0.3, 0.4) is 0 Å². The summed E-state index contributed by atoms with van der Waals surface area (Å²) < 4.78 is 1.51. The summed E-state index contributed by atoms with van der Waals surface area (Å²) in [6.07, 6.45) is 0. The van der Waals surface area contributed by atoms with E-state index in [2.05, 4.69) is 0 Å². The van der Waals surface area contributed by atoms with Crippen molar-refractivity contribution in [2.75, 3.05) is 0 Å². The van der Waals surface area contributed by atoms with Crippen LogP contribution in [0.2, 0.25) is 0 Å². The van der Waals surface area contributed by atoms with Crippen molar-refractivity contribution in [3.63, 3.8) is 0 Å². The zero-order chi connectivity index (χ0) is 12.8. The Morgan fingerprint density at radius 1 is 1.00 bits per heavy atom. The van der Waals surface area contributed by atoms with Crippen molar-refractivity contribution in [3.8, 4) is 0 Å². The number of benzene rings is 1. The Morgan fingerprint density at radius 2 is 1.53 bits per heavy atom. The molecule has 0 amide bonds. The third-order valence-corrected chi connectivity index (χ3v) is 3.20. The summed E-state index contributed by atoms with van der Waals surface area (Å²) in [6, 6.07) is 7.64. The lowest BCUT2D eigenvalue weighted by atomic mass is 9.93. The van der Waals surface area contributed by atoms with Crippen LogP contribution >= 0.6 is 0 Å². The molecule has 1 aromatic rings. The van der Waals surface area contributed by atoms with Crippen LogP contribution in [0.25, 0.3) is 0 Å². The van der Waals surface area contributed by atoms with E-state index in [1.54, 1.807) is 20.8 Å². The van der Waals surface area contributed by atoms with Crippen LogP contribution in [0.15, 0.2) is 24.3 Å². The number of aryl methyl sites for hydroxylation is 1. The third-order valence-electron chi connectivity index (χ3n) is 3.20. The summed E-state index contributed by atoms with van der Waals surface area (Å²) in [5.41, 5.74) is 1.61. The highest BCUT2D eigenvalue weighted by molar-refractivity contribution is 6.06. The van der Waals surface area contributed by atoms with E-state index in [0.29, 0.717) is 5.71 Å². The van der Waals surface area contributed by atoms with Crippen LogP contribution < -0.4 is 0 Å². The number of hydrogen-bond donors (Lipinski definition) is 0. The molecule has 17 heavy (non-hydrogen) atoms. The van der Waals surface area contributed by atoms with E-state index in [4.69, 9.17) is 0 Å². The second-order valence-corrected chi connectivity index (χ2v) is 4.91. The maximum absolute atomic E-state index is 12.0. The second kappa shape index (κ2) is 3.58. The van der Waals surface area contributed by atoms with Gasteiger partial charge in [-0.05, 0) is 19.1 Å². The molecular weight excluding hydrogens is 216 g/mol. The molecule has 1 aliphatic heterocycles. The van der Waals surface area contributed by atoms with E-state index >= 15 is 0 Å². The molecule has 4 heteroatoms. The van der Waals surface area contributed by atoms with Gasteiger partial charge in [-0.2, -0.15) is 0 Å². The number of rotatable bonds is 1. The highest BCUT2D eigenvalue weighted by Gasteiger charge is 2.50. The zero-order valence-electron chi connectivity index (χ0n) is 10.5. The van der Waals surface area contributed by atoms with Crippen molar-refractivity contribution < 1.29 is 9.48 Å². The van der Waals surface area contributed by atoms with Gasteiger partial charge in [0.2, 0.25) is 0 Å². The van der Waals surface area contributed by atoms with Gasteiger partial charge in [-0.15, -0.1) is 9.48 Å². The average molecular weight is 232 g/mol. The number of hydroxylamine groups is 2. The monoisotopic (exact) mass is 232 g/mol.